The second kappa shape index (κ2) is 3.65. The molecule has 1 aliphatic rings. The summed E-state index contributed by atoms with van der Waals surface area (Å²) in [5.74, 6) is -1.00. The Kier molecular flexibility index (Phi) is 2.47. The van der Waals surface area contributed by atoms with Gasteiger partial charge in [-0.25, -0.2) is 4.39 Å². The molecule has 0 atom stereocenters. The first-order valence-corrected chi connectivity index (χ1v) is 5.10. The van der Waals surface area contributed by atoms with Gasteiger partial charge in [0.1, 0.15) is 5.82 Å². The molecule has 1 aromatic rings. The molecule has 0 unspecified atom stereocenters. The third-order valence-electron chi connectivity index (χ3n) is 3.22. The Morgan fingerprint density at radius 2 is 1.93 bits per heavy atom. The smallest absolute Gasteiger partial charge is 0.309 e. The number of carbonyl (C=O) groups is 1. The molecular formula is C12H13FO2. The van der Waals surface area contributed by atoms with Crippen molar-refractivity contribution in [1.29, 1.82) is 0 Å². The number of rotatable bonds is 3. The Morgan fingerprint density at radius 3 is 2.33 bits per heavy atom. The quantitative estimate of drug-likeness (QED) is 0.829. The molecule has 3 heteroatoms. The molecule has 0 aromatic heterocycles. The summed E-state index contributed by atoms with van der Waals surface area (Å²) in [4.78, 5) is 11.1. The maximum Gasteiger partial charge on any atom is 0.309 e. The first-order chi connectivity index (χ1) is 7.12. The normalized spacial score (nSPS) is 18.2. The van der Waals surface area contributed by atoms with Crippen molar-refractivity contribution in [3.8, 4) is 0 Å². The van der Waals surface area contributed by atoms with Crippen LogP contribution in [0.5, 0.6) is 0 Å². The molecule has 0 bridgehead atoms. The van der Waals surface area contributed by atoms with Gasteiger partial charge < -0.3 is 5.11 Å². The highest BCUT2D eigenvalue weighted by Gasteiger charge is 2.44. The van der Waals surface area contributed by atoms with Gasteiger partial charge in [-0.05, 0) is 37.0 Å². The van der Waals surface area contributed by atoms with Crippen molar-refractivity contribution in [1.82, 2.24) is 0 Å². The van der Waals surface area contributed by atoms with E-state index in [0.717, 1.165) is 24.8 Å². The van der Waals surface area contributed by atoms with Gasteiger partial charge in [-0.2, -0.15) is 0 Å². The summed E-state index contributed by atoms with van der Waals surface area (Å²) >= 11 is 0. The molecule has 1 fully saturated rings. The van der Waals surface area contributed by atoms with Crippen molar-refractivity contribution in [2.24, 2.45) is 5.41 Å². The number of halogens is 1. The van der Waals surface area contributed by atoms with Crippen LogP contribution in [-0.2, 0) is 11.2 Å². The third kappa shape index (κ3) is 1.87. The Morgan fingerprint density at radius 1 is 1.33 bits per heavy atom. The number of aliphatic carboxylic acids is 1. The molecule has 1 N–H and O–H groups in total. The average molecular weight is 208 g/mol. The summed E-state index contributed by atoms with van der Waals surface area (Å²) in [6, 6.07) is 6.09. The van der Waals surface area contributed by atoms with E-state index in [1.807, 2.05) is 0 Å². The SMILES string of the molecule is O=C(O)C1(Cc2ccc(F)cc2)CCC1. The van der Waals surface area contributed by atoms with E-state index >= 15 is 0 Å². The van der Waals surface area contributed by atoms with Crippen LogP contribution in [0.1, 0.15) is 24.8 Å². The predicted molar refractivity (Wildman–Crippen MR) is 54.0 cm³/mol. The summed E-state index contributed by atoms with van der Waals surface area (Å²) < 4.78 is 12.7. The molecule has 1 aromatic carbocycles. The number of hydrogen-bond acceptors (Lipinski definition) is 1. The second-order valence-electron chi connectivity index (χ2n) is 4.24. The van der Waals surface area contributed by atoms with E-state index < -0.39 is 11.4 Å². The van der Waals surface area contributed by atoms with Gasteiger partial charge in [-0.15, -0.1) is 0 Å². The summed E-state index contributed by atoms with van der Waals surface area (Å²) in [5.41, 5.74) is 0.316. The third-order valence-corrected chi connectivity index (χ3v) is 3.22. The van der Waals surface area contributed by atoms with Crippen LogP contribution in [0.4, 0.5) is 4.39 Å². The van der Waals surface area contributed by atoms with Crippen molar-refractivity contribution in [3.63, 3.8) is 0 Å². The summed E-state index contributed by atoms with van der Waals surface area (Å²) in [7, 11) is 0. The molecule has 80 valence electrons. The number of carboxylic acid groups (broad SMARTS) is 1. The van der Waals surface area contributed by atoms with E-state index in [1.54, 1.807) is 12.1 Å². The minimum Gasteiger partial charge on any atom is -0.481 e. The molecule has 1 saturated carbocycles. The minimum atomic E-state index is -0.724. The van der Waals surface area contributed by atoms with Gasteiger partial charge in [0, 0.05) is 0 Å². The van der Waals surface area contributed by atoms with Gasteiger partial charge in [0.25, 0.3) is 0 Å². The maximum absolute atomic E-state index is 12.7. The largest absolute Gasteiger partial charge is 0.481 e. The Hall–Kier alpha value is -1.38. The molecule has 0 heterocycles. The Balaban J connectivity index is 2.13. The fourth-order valence-corrected chi connectivity index (χ4v) is 2.06. The lowest BCUT2D eigenvalue weighted by molar-refractivity contribution is -0.154. The average Bonchev–Trinajstić information content (AvgIpc) is 2.13. The van der Waals surface area contributed by atoms with Crippen LogP contribution in [0.3, 0.4) is 0 Å². The molecule has 0 amide bonds. The van der Waals surface area contributed by atoms with E-state index in [1.165, 1.54) is 12.1 Å². The monoisotopic (exact) mass is 208 g/mol. The van der Waals surface area contributed by atoms with Gasteiger partial charge in [0.05, 0.1) is 5.41 Å². The predicted octanol–water partition coefficient (Wildman–Crippen LogP) is 2.62. The highest BCUT2D eigenvalue weighted by atomic mass is 19.1. The standard InChI is InChI=1S/C12H13FO2/c13-10-4-2-9(3-5-10)8-12(11(14)15)6-1-7-12/h2-5H,1,6-8H2,(H,14,15). The molecule has 0 spiro atoms. The summed E-state index contributed by atoms with van der Waals surface area (Å²) in [5, 5.41) is 9.13. The first-order valence-electron chi connectivity index (χ1n) is 5.10. The summed E-state index contributed by atoms with van der Waals surface area (Å²) in [6.07, 6.45) is 2.97. The molecule has 0 aliphatic heterocycles. The van der Waals surface area contributed by atoms with Crippen molar-refractivity contribution in [2.75, 3.05) is 0 Å². The van der Waals surface area contributed by atoms with E-state index in [9.17, 15) is 9.18 Å². The zero-order valence-electron chi connectivity index (χ0n) is 8.37. The zero-order valence-corrected chi connectivity index (χ0v) is 8.37. The fraction of sp³-hybridized carbons (Fsp3) is 0.417. The Labute approximate surface area is 87.7 Å². The topological polar surface area (TPSA) is 37.3 Å². The van der Waals surface area contributed by atoms with Gasteiger partial charge in [0.2, 0.25) is 0 Å². The van der Waals surface area contributed by atoms with Crippen molar-refractivity contribution < 1.29 is 14.3 Å². The molecular weight excluding hydrogens is 195 g/mol. The molecule has 0 radical (unpaired) electrons. The van der Waals surface area contributed by atoms with Crippen molar-refractivity contribution >= 4 is 5.97 Å². The number of benzene rings is 1. The fourth-order valence-electron chi connectivity index (χ4n) is 2.06. The first kappa shape index (κ1) is 10.1. The lowest BCUT2D eigenvalue weighted by Gasteiger charge is -2.37. The minimum absolute atomic E-state index is 0.281. The lowest BCUT2D eigenvalue weighted by atomic mass is 9.65. The van der Waals surface area contributed by atoms with Gasteiger partial charge in [0.15, 0.2) is 0 Å². The lowest BCUT2D eigenvalue weighted by Crippen LogP contribution is -2.39. The Bertz CT molecular complexity index is 366. The van der Waals surface area contributed by atoms with Gasteiger partial charge >= 0.3 is 5.97 Å². The van der Waals surface area contributed by atoms with Gasteiger partial charge in [-0.3, -0.25) is 4.79 Å². The summed E-state index contributed by atoms with van der Waals surface area (Å²) in [6.45, 7) is 0. The molecule has 0 saturated heterocycles. The van der Waals surface area contributed by atoms with Crippen LogP contribution in [0.25, 0.3) is 0 Å². The molecule has 1 aliphatic carbocycles. The molecule has 15 heavy (non-hydrogen) atoms. The van der Waals surface area contributed by atoms with Crippen LogP contribution < -0.4 is 0 Å². The van der Waals surface area contributed by atoms with Crippen molar-refractivity contribution in [2.45, 2.75) is 25.7 Å². The number of hydrogen-bond donors (Lipinski definition) is 1. The van der Waals surface area contributed by atoms with Crippen LogP contribution in [0, 0.1) is 11.2 Å². The zero-order chi connectivity index (χ0) is 10.9. The second-order valence-corrected chi connectivity index (χ2v) is 4.24. The van der Waals surface area contributed by atoms with E-state index in [0.29, 0.717) is 6.42 Å². The number of carboxylic acids is 1. The van der Waals surface area contributed by atoms with E-state index in [2.05, 4.69) is 0 Å². The van der Waals surface area contributed by atoms with E-state index in [-0.39, 0.29) is 5.82 Å². The van der Waals surface area contributed by atoms with Crippen LogP contribution in [-0.4, -0.2) is 11.1 Å². The van der Waals surface area contributed by atoms with Gasteiger partial charge in [-0.1, -0.05) is 18.6 Å². The van der Waals surface area contributed by atoms with Crippen LogP contribution in [0.2, 0.25) is 0 Å². The van der Waals surface area contributed by atoms with Crippen LogP contribution >= 0.6 is 0 Å². The molecule has 2 nitrogen and oxygen atoms in total. The molecule has 2 rings (SSSR count). The highest BCUT2D eigenvalue weighted by Crippen LogP contribution is 2.43. The maximum atomic E-state index is 12.7. The van der Waals surface area contributed by atoms with E-state index in [4.69, 9.17) is 5.11 Å². The van der Waals surface area contributed by atoms with Crippen molar-refractivity contribution in [3.05, 3.63) is 35.6 Å². The highest BCUT2D eigenvalue weighted by molar-refractivity contribution is 5.76. The van der Waals surface area contributed by atoms with Crippen LogP contribution in [0.15, 0.2) is 24.3 Å².